The summed E-state index contributed by atoms with van der Waals surface area (Å²) in [5, 5.41) is 10.7. The molecule has 2 aliphatic heterocycles. The number of ether oxygens (including phenoxy) is 1. The Kier molecular flexibility index (Phi) is 6.13. The Bertz CT molecular complexity index is 872. The molecule has 156 valence electrons. The fourth-order valence-electron chi connectivity index (χ4n) is 3.83. The highest BCUT2D eigenvalue weighted by molar-refractivity contribution is 5.46. The molecule has 8 heteroatoms. The molecule has 0 radical (unpaired) electrons. The minimum absolute atomic E-state index is 0.0358. The van der Waals surface area contributed by atoms with E-state index < -0.39 is 5.63 Å². The highest BCUT2D eigenvalue weighted by Crippen LogP contribution is 2.24. The van der Waals surface area contributed by atoms with Gasteiger partial charge >= 0.3 is 5.63 Å². The van der Waals surface area contributed by atoms with Crippen molar-refractivity contribution in [2.75, 3.05) is 57.4 Å². The van der Waals surface area contributed by atoms with Gasteiger partial charge in [-0.1, -0.05) is 0 Å². The van der Waals surface area contributed by atoms with Gasteiger partial charge in [0.25, 0.3) is 0 Å². The second-order valence-electron chi connectivity index (χ2n) is 7.50. The van der Waals surface area contributed by atoms with Crippen LogP contribution in [0.4, 0.5) is 10.1 Å². The molecule has 29 heavy (non-hydrogen) atoms. The summed E-state index contributed by atoms with van der Waals surface area (Å²) in [5.41, 5.74) is 1.46. The van der Waals surface area contributed by atoms with Crippen molar-refractivity contribution in [2.24, 2.45) is 0 Å². The van der Waals surface area contributed by atoms with Crippen molar-refractivity contribution in [1.82, 2.24) is 9.80 Å². The molecular weight excluding hydrogens is 377 g/mol. The van der Waals surface area contributed by atoms with Crippen LogP contribution in [0.1, 0.15) is 11.1 Å². The third-order valence-electron chi connectivity index (χ3n) is 5.59. The Hall–Kier alpha value is -2.42. The molecule has 0 amide bonds. The van der Waals surface area contributed by atoms with E-state index in [1.54, 1.807) is 12.1 Å². The molecule has 2 fully saturated rings. The first-order valence-corrected chi connectivity index (χ1v) is 9.95. The van der Waals surface area contributed by atoms with Crippen LogP contribution in [-0.4, -0.2) is 67.4 Å². The number of aromatic hydroxyl groups is 1. The van der Waals surface area contributed by atoms with Gasteiger partial charge in [0.2, 0.25) is 0 Å². The second-order valence-corrected chi connectivity index (χ2v) is 7.50. The SMILES string of the molecule is O=c1occ(CN2CCN(c3ccc(F)cc3)CC2)c(O)c1CN1CCOCC1. The average Bonchev–Trinajstić information content (AvgIpc) is 2.75. The van der Waals surface area contributed by atoms with E-state index in [1.165, 1.54) is 18.4 Å². The fourth-order valence-corrected chi connectivity index (χ4v) is 3.83. The summed E-state index contributed by atoms with van der Waals surface area (Å²) in [7, 11) is 0. The lowest BCUT2D eigenvalue weighted by Gasteiger charge is -2.36. The molecule has 2 aromatic rings. The minimum Gasteiger partial charge on any atom is -0.507 e. The Morgan fingerprint density at radius 1 is 0.931 bits per heavy atom. The molecular formula is C21H26FN3O4. The monoisotopic (exact) mass is 403 g/mol. The standard InChI is InChI=1S/C21H26FN3O4/c22-17-1-3-18(4-2-17)25-7-5-23(6-8-25)13-16-15-29-21(27)19(20(16)26)14-24-9-11-28-12-10-24/h1-4,15,26H,5-14H2. The number of anilines is 1. The number of nitrogens with zero attached hydrogens (tertiary/aromatic N) is 3. The normalized spacial score (nSPS) is 18.9. The lowest BCUT2D eigenvalue weighted by Crippen LogP contribution is -2.46. The topological polar surface area (TPSA) is 69.4 Å². The van der Waals surface area contributed by atoms with Gasteiger partial charge in [-0.05, 0) is 24.3 Å². The number of hydrogen-bond donors (Lipinski definition) is 1. The summed E-state index contributed by atoms with van der Waals surface area (Å²) >= 11 is 0. The van der Waals surface area contributed by atoms with Crippen molar-refractivity contribution < 1.29 is 18.7 Å². The minimum atomic E-state index is -0.487. The number of halogens is 1. The van der Waals surface area contributed by atoms with E-state index in [-0.39, 0.29) is 11.6 Å². The van der Waals surface area contributed by atoms with Crippen LogP contribution < -0.4 is 10.5 Å². The van der Waals surface area contributed by atoms with Gasteiger partial charge in [-0.3, -0.25) is 9.80 Å². The molecule has 1 aromatic heterocycles. The maximum atomic E-state index is 13.1. The Morgan fingerprint density at radius 3 is 2.28 bits per heavy atom. The van der Waals surface area contributed by atoms with Gasteiger partial charge in [-0.2, -0.15) is 0 Å². The van der Waals surface area contributed by atoms with E-state index in [0.717, 1.165) is 45.0 Å². The largest absolute Gasteiger partial charge is 0.507 e. The smallest absolute Gasteiger partial charge is 0.343 e. The summed E-state index contributed by atoms with van der Waals surface area (Å²) in [6, 6.07) is 6.53. The van der Waals surface area contributed by atoms with Crippen molar-refractivity contribution >= 4 is 5.69 Å². The number of benzene rings is 1. The van der Waals surface area contributed by atoms with Crippen molar-refractivity contribution in [1.29, 1.82) is 0 Å². The first kappa shape index (κ1) is 19.9. The zero-order chi connectivity index (χ0) is 20.2. The van der Waals surface area contributed by atoms with E-state index in [1.807, 2.05) is 0 Å². The molecule has 0 bridgehead atoms. The summed E-state index contributed by atoms with van der Waals surface area (Å²) in [5.74, 6) is -0.199. The molecule has 2 aliphatic rings. The zero-order valence-electron chi connectivity index (χ0n) is 16.3. The number of morpholine rings is 1. The van der Waals surface area contributed by atoms with Crippen molar-refractivity contribution in [3.8, 4) is 5.75 Å². The number of rotatable bonds is 5. The first-order valence-electron chi connectivity index (χ1n) is 9.95. The molecule has 0 aliphatic carbocycles. The van der Waals surface area contributed by atoms with E-state index in [4.69, 9.17) is 9.15 Å². The lowest BCUT2D eigenvalue weighted by atomic mass is 10.1. The van der Waals surface area contributed by atoms with Crippen LogP contribution in [-0.2, 0) is 17.8 Å². The molecule has 0 unspecified atom stereocenters. The Labute approximate surface area is 168 Å². The number of piperazine rings is 1. The number of hydrogen-bond acceptors (Lipinski definition) is 7. The zero-order valence-corrected chi connectivity index (χ0v) is 16.3. The van der Waals surface area contributed by atoms with Crippen LogP contribution in [0.3, 0.4) is 0 Å². The Morgan fingerprint density at radius 2 is 1.59 bits per heavy atom. The molecule has 1 aromatic carbocycles. The summed E-state index contributed by atoms with van der Waals surface area (Å²) in [6.45, 7) is 6.82. The maximum Gasteiger partial charge on any atom is 0.343 e. The van der Waals surface area contributed by atoms with Crippen LogP contribution in [0.15, 0.2) is 39.7 Å². The Balaban J connectivity index is 1.39. The highest BCUT2D eigenvalue weighted by atomic mass is 19.1. The molecule has 0 spiro atoms. The highest BCUT2D eigenvalue weighted by Gasteiger charge is 2.22. The molecule has 4 rings (SSSR count). The van der Waals surface area contributed by atoms with E-state index in [0.29, 0.717) is 37.4 Å². The second kappa shape index (κ2) is 8.94. The quantitative estimate of drug-likeness (QED) is 0.814. The van der Waals surface area contributed by atoms with E-state index in [2.05, 4.69) is 14.7 Å². The molecule has 3 heterocycles. The third kappa shape index (κ3) is 4.77. The maximum absolute atomic E-state index is 13.1. The molecule has 0 atom stereocenters. The van der Waals surface area contributed by atoms with Gasteiger partial charge in [0.15, 0.2) is 0 Å². The van der Waals surface area contributed by atoms with Gasteiger partial charge in [-0.25, -0.2) is 9.18 Å². The van der Waals surface area contributed by atoms with Crippen LogP contribution >= 0.6 is 0 Å². The molecule has 7 nitrogen and oxygen atoms in total. The van der Waals surface area contributed by atoms with Gasteiger partial charge in [0.05, 0.1) is 18.8 Å². The first-order chi connectivity index (χ1) is 14.1. The van der Waals surface area contributed by atoms with Crippen molar-refractivity contribution in [3.63, 3.8) is 0 Å². The fraction of sp³-hybridized carbons (Fsp3) is 0.476. The summed E-state index contributed by atoms with van der Waals surface area (Å²) in [4.78, 5) is 18.7. The molecule has 1 N–H and O–H groups in total. The van der Waals surface area contributed by atoms with Crippen LogP contribution in [0.25, 0.3) is 0 Å². The molecule has 2 saturated heterocycles. The molecule has 0 saturated carbocycles. The van der Waals surface area contributed by atoms with Crippen molar-refractivity contribution in [2.45, 2.75) is 13.1 Å². The van der Waals surface area contributed by atoms with Crippen LogP contribution in [0.5, 0.6) is 5.75 Å². The van der Waals surface area contributed by atoms with Gasteiger partial charge in [0, 0.05) is 63.6 Å². The van der Waals surface area contributed by atoms with Crippen LogP contribution in [0.2, 0.25) is 0 Å². The summed E-state index contributed by atoms with van der Waals surface area (Å²) in [6.07, 6.45) is 1.37. The van der Waals surface area contributed by atoms with E-state index in [9.17, 15) is 14.3 Å². The van der Waals surface area contributed by atoms with Gasteiger partial charge < -0.3 is 19.2 Å². The van der Waals surface area contributed by atoms with Gasteiger partial charge in [-0.15, -0.1) is 0 Å². The lowest BCUT2D eigenvalue weighted by molar-refractivity contribution is 0.0333. The third-order valence-corrected chi connectivity index (χ3v) is 5.59. The van der Waals surface area contributed by atoms with E-state index >= 15 is 0 Å². The predicted molar refractivity (Wildman–Crippen MR) is 107 cm³/mol. The van der Waals surface area contributed by atoms with Gasteiger partial charge in [0.1, 0.15) is 17.8 Å². The average molecular weight is 403 g/mol. The van der Waals surface area contributed by atoms with Crippen molar-refractivity contribution in [3.05, 3.63) is 57.9 Å². The predicted octanol–water partition coefficient (Wildman–Crippen LogP) is 1.64. The van der Waals surface area contributed by atoms with Crippen LogP contribution in [0, 0.1) is 5.82 Å². The summed E-state index contributed by atoms with van der Waals surface area (Å²) < 4.78 is 23.7.